The minimum absolute atomic E-state index is 0.122. The molecule has 2 amide bonds. The molecule has 0 heterocycles. The zero-order chi connectivity index (χ0) is 12.8. The van der Waals surface area contributed by atoms with E-state index in [1.165, 1.54) is 0 Å². The van der Waals surface area contributed by atoms with Gasteiger partial charge in [-0.25, -0.2) is 0 Å². The number of carbonyl (C=O) groups is 2. The topological polar surface area (TPSA) is 70.2 Å². The third-order valence-electron chi connectivity index (χ3n) is 2.10. The molecule has 0 aliphatic carbocycles. The maximum absolute atomic E-state index is 11.6. The Hall–Kier alpha value is -1.10. The van der Waals surface area contributed by atoms with E-state index in [9.17, 15) is 9.59 Å². The first-order valence-corrected chi connectivity index (χ1v) is 5.52. The van der Waals surface area contributed by atoms with E-state index in [-0.39, 0.29) is 11.8 Å². The molecule has 0 aromatic carbocycles. The van der Waals surface area contributed by atoms with Crippen LogP contribution in [0, 0.1) is 5.41 Å². The smallest absolute Gasteiger partial charge is 0.242 e. The van der Waals surface area contributed by atoms with Crippen LogP contribution < -0.4 is 16.0 Å². The van der Waals surface area contributed by atoms with Crippen LogP contribution in [0.1, 0.15) is 27.7 Å². The molecule has 0 saturated heterocycles. The Morgan fingerprint density at radius 3 is 2.19 bits per heavy atom. The summed E-state index contributed by atoms with van der Waals surface area (Å²) in [7, 11) is 1.82. The Balaban J connectivity index is 4.01. The van der Waals surface area contributed by atoms with Gasteiger partial charge < -0.3 is 16.0 Å². The number of hydrogen-bond acceptors (Lipinski definition) is 3. The molecule has 0 rings (SSSR count). The molecule has 3 N–H and O–H groups in total. The molecule has 0 bridgehead atoms. The first kappa shape index (κ1) is 14.9. The lowest BCUT2D eigenvalue weighted by Gasteiger charge is -2.21. The maximum atomic E-state index is 11.6. The number of rotatable bonds is 5. The predicted octanol–water partition coefficient (Wildman–Crippen LogP) is -0.127. The number of amides is 2. The van der Waals surface area contributed by atoms with Crippen LogP contribution >= 0.6 is 0 Å². The van der Waals surface area contributed by atoms with Crippen LogP contribution in [0.2, 0.25) is 0 Å². The lowest BCUT2D eigenvalue weighted by molar-refractivity contribution is -0.133. The van der Waals surface area contributed by atoms with Gasteiger partial charge in [0.15, 0.2) is 0 Å². The molecule has 0 aliphatic heterocycles. The van der Waals surface area contributed by atoms with Gasteiger partial charge in [-0.2, -0.15) is 0 Å². The van der Waals surface area contributed by atoms with E-state index >= 15 is 0 Å². The molecular formula is C11H23N3O2. The van der Waals surface area contributed by atoms with Crippen molar-refractivity contribution in [3.63, 3.8) is 0 Å². The second-order valence-corrected chi connectivity index (χ2v) is 4.84. The molecule has 5 nitrogen and oxygen atoms in total. The fraction of sp³-hybridized carbons (Fsp3) is 0.818. The van der Waals surface area contributed by atoms with Gasteiger partial charge in [0.05, 0.1) is 0 Å². The third kappa shape index (κ3) is 5.70. The molecule has 0 saturated carbocycles. The van der Waals surface area contributed by atoms with Gasteiger partial charge in [-0.05, 0) is 14.0 Å². The van der Waals surface area contributed by atoms with Gasteiger partial charge >= 0.3 is 0 Å². The van der Waals surface area contributed by atoms with Crippen molar-refractivity contribution in [3.05, 3.63) is 0 Å². The Labute approximate surface area is 97.4 Å². The molecule has 0 aromatic rings. The van der Waals surface area contributed by atoms with Crippen molar-refractivity contribution < 1.29 is 9.59 Å². The molecule has 0 aromatic heterocycles. The van der Waals surface area contributed by atoms with Crippen molar-refractivity contribution in [1.82, 2.24) is 16.0 Å². The summed E-state index contributed by atoms with van der Waals surface area (Å²) in [6.07, 6.45) is 0. The number of nitrogens with one attached hydrogen (secondary N) is 3. The van der Waals surface area contributed by atoms with Crippen LogP contribution in [0.15, 0.2) is 0 Å². The van der Waals surface area contributed by atoms with Crippen LogP contribution in [0.4, 0.5) is 0 Å². The minimum Gasteiger partial charge on any atom is -0.353 e. The van der Waals surface area contributed by atoms with Gasteiger partial charge in [-0.1, -0.05) is 20.8 Å². The van der Waals surface area contributed by atoms with Crippen molar-refractivity contribution in [2.75, 3.05) is 20.1 Å². The van der Waals surface area contributed by atoms with Gasteiger partial charge in [-0.15, -0.1) is 0 Å². The summed E-state index contributed by atoms with van der Waals surface area (Å²) in [6, 6.07) is -0.497. The second kappa shape index (κ2) is 6.48. The minimum atomic E-state index is -0.497. The van der Waals surface area contributed by atoms with Gasteiger partial charge in [0.25, 0.3) is 0 Å². The van der Waals surface area contributed by atoms with Crippen molar-refractivity contribution in [2.24, 2.45) is 5.41 Å². The summed E-state index contributed by atoms with van der Waals surface area (Å²) in [5.41, 5.74) is -0.473. The molecule has 0 aliphatic rings. The summed E-state index contributed by atoms with van der Waals surface area (Å²) >= 11 is 0. The van der Waals surface area contributed by atoms with E-state index in [1.54, 1.807) is 6.92 Å². The van der Waals surface area contributed by atoms with E-state index < -0.39 is 11.5 Å². The standard InChI is InChI=1S/C11H23N3O2/c1-8(9(15)13-7-6-12-5)14-10(16)11(2,3)4/h8,12H,6-7H2,1-5H3,(H,13,15)(H,14,16). The Morgan fingerprint density at radius 1 is 1.19 bits per heavy atom. The van der Waals surface area contributed by atoms with Crippen LogP contribution in [0.25, 0.3) is 0 Å². The quantitative estimate of drug-likeness (QED) is 0.575. The molecule has 0 spiro atoms. The molecule has 5 heteroatoms. The summed E-state index contributed by atoms with van der Waals surface area (Å²) < 4.78 is 0. The number of carbonyl (C=O) groups excluding carboxylic acids is 2. The van der Waals surface area contributed by atoms with Crippen molar-refractivity contribution >= 4 is 11.8 Å². The molecule has 1 atom stereocenters. The Kier molecular flexibility index (Phi) is 6.03. The molecular weight excluding hydrogens is 206 g/mol. The van der Waals surface area contributed by atoms with Crippen LogP contribution in [-0.2, 0) is 9.59 Å². The Bertz CT molecular complexity index is 246. The molecule has 16 heavy (non-hydrogen) atoms. The summed E-state index contributed by atoms with van der Waals surface area (Å²) in [5, 5.41) is 8.32. The van der Waals surface area contributed by atoms with Crippen molar-refractivity contribution in [3.8, 4) is 0 Å². The number of likely N-dealkylation sites (N-methyl/N-ethyl adjacent to an activating group) is 1. The molecule has 94 valence electrons. The zero-order valence-corrected chi connectivity index (χ0v) is 10.8. The normalized spacial score (nSPS) is 13.1. The first-order chi connectivity index (χ1) is 7.29. The van der Waals surface area contributed by atoms with Crippen LogP contribution in [-0.4, -0.2) is 38.0 Å². The molecule has 0 radical (unpaired) electrons. The third-order valence-corrected chi connectivity index (χ3v) is 2.10. The fourth-order valence-electron chi connectivity index (χ4n) is 0.942. The highest BCUT2D eigenvalue weighted by Gasteiger charge is 2.24. The summed E-state index contributed by atoms with van der Waals surface area (Å²) in [6.45, 7) is 8.39. The van der Waals surface area contributed by atoms with Gasteiger partial charge in [0.1, 0.15) is 6.04 Å². The molecule has 0 fully saturated rings. The number of hydrogen-bond donors (Lipinski definition) is 3. The maximum Gasteiger partial charge on any atom is 0.242 e. The second-order valence-electron chi connectivity index (χ2n) is 4.84. The van der Waals surface area contributed by atoms with E-state index in [0.717, 1.165) is 0 Å². The largest absolute Gasteiger partial charge is 0.353 e. The predicted molar refractivity (Wildman–Crippen MR) is 64.0 cm³/mol. The lowest BCUT2D eigenvalue weighted by Crippen LogP contribution is -2.49. The average molecular weight is 229 g/mol. The van der Waals surface area contributed by atoms with E-state index in [0.29, 0.717) is 13.1 Å². The van der Waals surface area contributed by atoms with Crippen molar-refractivity contribution in [2.45, 2.75) is 33.7 Å². The van der Waals surface area contributed by atoms with Crippen molar-refractivity contribution in [1.29, 1.82) is 0 Å². The van der Waals surface area contributed by atoms with Crippen LogP contribution in [0.5, 0.6) is 0 Å². The highest BCUT2D eigenvalue weighted by Crippen LogP contribution is 2.12. The fourth-order valence-corrected chi connectivity index (χ4v) is 0.942. The highest BCUT2D eigenvalue weighted by molar-refractivity contribution is 5.89. The van der Waals surface area contributed by atoms with E-state index in [2.05, 4.69) is 16.0 Å². The van der Waals surface area contributed by atoms with Gasteiger partial charge in [0, 0.05) is 18.5 Å². The lowest BCUT2D eigenvalue weighted by atomic mass is 9.95. The average Bonchev–Trinajstić information content (AvgIpc) is 2.16. The van der Waals surface area contributed by atoms with E-state index in [1.807, 2.05) is 27.8 Å². The summed E-state index contributed by atoms with van der Waals surface area (Å²) in [5.74, 6) is -0.281. The van der Waals surface area contributed by atoms with E-state index in [4.69, 9.17) is 0 Å². The van der Waals surface area contributed by atoms with Crippen LogP contribution in [0.3, 0.4) is 0 Å². The SMILES string of the molecule is CNCCNC(=O)C(C)NC(=O)C(C)(C)C. The Morgan fingerprint density at radius 2 is 1.75 bits per heavy atom. The first-order valence-electron chi connectivity index (χ1n) is 5.52. The monoisotopic (exact) mass is 229 g/mol. The van der Waals surface area contributed by atoms with Gasteiger partial charge in [-0.3, -0.25) is 9.59 Å². The van der Waals surface area contributed by atoms with Gasteiger partial charge in [0.2, 0.25) is 11.8 Å². The molecule has 1 unspecified atom stereocenters. The highest BCUT2D eigenvalue weighted by atomic mass is 16.2. The zero-order valence-electron chi connectivity index (χ0n) is 10.8. The summed E-state index contributed by atoms with van der Waals surface area (Å²) in [4.78, 5) is 23.1.